The molecular weight excluding hydrogens is 284 g/mol. The fourth-order valence-corrected chi connectivity index (χ4v) is 3.33. The first-order chi connectivity index (χ1) is 10.4. The minimum atomic E-state index is -0.463. The number of fused-ring (bicyclic) bond motifs is 1. The van der Waals surface area contributed by atoms with E-state index in [1.807, 2.05) is 19.0 Å². The molecule has 7 heteroatoms. The SMILES string of the molecule is Cc1cc(C(=O)N2C[C@@H]3C[C@H](N(C)C)CN3C(=O)[C@@H]2C)on1. The lowest BCUT2D eigenvalue weighted by atomic mass is 10.1. The summed E-state index contributed by atoms with van der Waals surface area (Å²) in [4.78, 5) is 30.9. The first-order valence-corrected chi connectivity index (χ1v) is 7.59. The molecule has 2 fully saturated rings. The number of aryl methyl sites for hydroxylation is 1. The number of aromatic nitrogens is 1. The van der Waals surface area contributed by atoms with Crippen LogP contribution in [0.15, 0.2) is 10.6 Å². The number of likely N-dealkylation sites (N-methyl/N-ethyl adjacent to an activating group) is 1. The molecule has 3 rings (SSSR count). The molecule has 0 aromatic carbocycles. The standard InChI is InChI=1S/C15H22N4O3/c1-9-5-13(22-16-9)15(21)18-8-12-6-11(17(3)4)7-19(12)14(20)10(18)2/h5,10-12H,6-8H2,1-4H3/t10-,11-,12-/m0/s1. The van der Waals surface area contributed by atoms with E-state index in [1.54, 1.807) is 24.8 Å². The quantitative estimate of drug-likeness (QED) is 0.789. The summed E-state index contributed by atoms with van der Waals surface area (Å²) in [5, 5.41) is 3.75. The van der Waals surface area contributed by atoms with Crippen LogP contribution >= 0.6 is 0 Å². The molecule has 7 nitrogen and oxygen atoms in total. The molecule has 3 heterocycles. The Balaban J connectivity index is 1.80. The van der Waals surface area contributed by atoms with Gasteiger partial charge >= 0.3 is 0 Å². The summed E-state index contributed by atoms with van der Waals surface area (Å²) in [5.41, 5.74) is 0.662. The summed E-state index contributed by atoms with van der Waals surface area (Å²) >= 11 is 0. The molecule has 0 N–H and O–H groups in total. The van der Waals surface area contributed by atoms with Crippen LogP contribution < -0.4 is 0 Å². The lowest BCUT2D eigenvalue weighted by Crippen LogP contribution is -2.60. The van der Waals surface area contributed by atoms with Gasteiger partial charge in [0.05, 0.1) is 11.7 Å². The molecule has 1 aromatic rings. The van der Waals surface area contributed by atoms with Gasteiger partial charge in [0.25, 0.3) is 5.91 Å². The molecule has 0 aliphatic carbocycles. The van der Waals surface area contributed by atoms with Gasteiger partial charge in [-0.05, 0) is 34.4 Å². The Labute approximate surface area is 129 Å². The highest BCUT2D eigenvalue weighted by molar-refractivity contribution is 5.96. The predicted molar refractivity (Wildman–Crippen MR) is 79.3 cm³/mol. The normalized spacial score (nSPS) is 28.4. The molecule has 22 heavy (non-hydrogen) atoms. The van der Waals surface area contributed by atoms with Crippen LogP contribution in [0, 0.1) is 6.92 Å². The van der Waals surface area contributed by atoms with E-state index in [0.29, 0.717) is 18.3 Å². The van der Waals surface area contributed by atoms with Crippen molar-refractivity contribution in [1.82, 2.24) is 19.9 Å². The first-order valence-electron chi connectivity index (χ1n) is 7.59. The van der Waals surface area contributed by atoms with Crippen molar-refractivity contribution >= 4 is 11.8 Å². The molecule has 0 saturated carbocycles. The smallest absolute Gasteiger partial charge is 0.293 e. The average Bonchev–Trinajstić information content (AvgIpc) is 3.08. The van der Waals surface area contributed by atoms with Crippen LogP contribution in [-0.2, 0) is 4.79 Å². The predicted octanol–water partition coefficient (Wildman–Crippen LogP) is 0.358. The van der Waals surface area contributed by atoms with Crippen molar-refractivity contribution in [3.05, 3.63) is 17.5 Å². The molecule has 0 spiro atoms. The minimum absolute atomic E-state index is 0.0187. The van der Waals surface area contributed by atoms with Gasteiger partial charge in [-0.25, -0.2) is 0 Å². The van der Waals surface area contributed by atoms with Crippen molar-refractivity contribution < 1.29 is 14.1 Å². The van der Waals surface area contributed by atoms with Crippen molar-refractivity contribution in [2.75, 3.05) is 27.2 Å². The van der Waals surface area contributed by atoms with E-state index in [4.69, 9.17) is 4.52 Å². The van der Waals surface area contributed by atoms with Gasteiger partial charge < -0.3 is 19.2 Å². The number of carbonyl (C=O) groups is 2. The van der Waals surface area contributed by atoms with Crippen molar-refractivity contribution in [3.63, 3.8) is 0 Å². The van der Waals surface area contributed by atoms with Gasteiger partial charge in [0.15, 0.2) is 0 Å². The third kappa shape index (κ3) is 2.39. The summed E-state index contributed by atoms with van der Waals surface area (Å²) in [5.74, 6) is -0.0349. The Hall–Kier alpha value is -1.89. The molecule has 0 bridgehead atoms. The van der Waals surface area contributed by atoms with Gasteiger partial charge in [-0.1, -0.05) is 5.16 Å². The molecule has 2 aliphatic rings. The maximum Gasteiger partial charge on any atom is 0.293 e. The second kappa shape index (κ2) is 5.39. The van der Waals surface area contributed by atoms with E-state index >= 15 is 0 Å². The Morgan fingerprint density at radius 1 is 1.41 bits per heavy atom. The number of nitrogens with zero attached hydrogens (tertiary/aromatic N) is 4. The van der Waals surface area contributed by atoms with Crippen LogP contribution in [0.3, 0.4) is 0 Å². The van der Waals surface area contributed by atoms with Crippen molar-refractivity contribution in [2.45, 2.75) is 38.4 Å². The monoisotopic (exact) mass is 306 g/mol. The fraction of sp³-hybridized carbons (Fsp3) is 0.667. The molecule has 2 aliphatic heterocycles. The summed E-state index contributed by atoms with van der Waals surface area (Å²) < 4.78 is 5.06. The number of piperazine rings is 1. The van der Waals surface area contributed by atoms with Gasteiger partial charge in [0.2, 0.25) is 11.7 Å². The van der Waals surface area contributed by atoms with E-state index in [2.05, 4.69) is 10.1 Å². The minimum Gasteiger partial charge on any atom is -0.351 e. The van der Waals surface area contributed by atoms with Crippen LogP contribution in [0.2, 0.25) is 0 Å². The van der Waals surface area contributed by atoms with Gasteiger partial charge in [-0.2, -0.15) is 0 Å². The molecule has 0 unspecified atom stereocenters. The Morgan fingerprint density at radius 2 is 2.14 bits per heavy atom. The third-order valence-corrected chi connectivity index (χ3v) is 4.74. The average molecular weight is 306 g/mol. The first kappa shape index (κ1) is 15.0. The molecule has 2 amide bonds. The number of amides is 2. The van der Waals surface area contributed by atoms with Crippen LogP contribution in [-0.4, -0.2) is 77.0 Å². The molecule has 1 aromatic heterocycles. The lowest BCUT2D eigenvalue weighted by molar-refractivity contribution is -0.141. The lowest BCUT2D eigenvalue weighted by Gasteiger charge is -2.40. The second-order valence-electron chi connectivity index (χ2n) is 6.46. The molecule has 0 radical (unpaired) electrons. The van der Waals surface area contributed by atoms with Crippen molar-refractivity contribution in [1.29, 1.82) is 0 Å². The number of hydrogen-bond acceptors (Lipinski definition) is 5. The summed E-state index contributed by atoms with van der Waals surface area (Å²) in [7, 11) is 4.05. The zero-order chi connectivity index (χ0) is 16.0. The Kier molecular flexibility index (Phi) is 3.68. The van der Waals surface area contributed by atoms with E-state index < -0.39 is 6.04 Å². The summed E-state index contributed by atoms with van der Waals surface area (Å²) in [6.45, 7) is 4.84. The van der Waals surface area contributed by atoms with E-state index in [9.17, 15) is 9.59 Å². The van der Waals surface area contributed by atoms with E-state index in [-0.39, 0.29) is 23.6 Å². The van der Waals surface area contributed by atoms with Gasteiger partial charge in [-0.15, -0.1) is 0 Å². The van der Waals surface area contributed by atoms with Crippen LogP contribution in [0.4, 0.5) is 0 Å². The number of carbonyl (C=O) groups excluding carboxylic acids is 2. The largest absolute Gasteiger partial charge is 0.351 e. The van der Waals surface area contributed by atoms with Crippen molar-refractivity contribution in [2.24, 2.45) is 0 Å². The Morgan fingerprint density at radius 3 is 2.73 bits per heavy atom. The second-order valence-corrected chi connectivity index (χ2v) is 6.46. The van der Waals surface area contributed by atoms with E-state index in [0.717, 1.165) is 13.0 Å². The maximum atomic E-state index is 12.6. The number of rotatable bonds is 2. The highest BCUT2D eigenvalue weighted by atomic mass is 16.5. The van der Waals surface area contributed by atoms with Crippen LogP contribution in [0.25, 0.3) is 0 Å². The topological polar surface area (TPSA) is 69.9 Å². The molecular formula is C15H22N4O3. The Bertz CT molecular complexity index is 597. The van der Waals surface area contributed by atoms with Crippen LogP contribution in [0.1, 0.15) is 29.6 Å². The zero-order valence-electron chi connectivity index (χ0n) is 13.4. The summed E-state index contributed by atoms with van der Waals surface area (Å²) in [6.07, 6.45) is 0.894. The summed E-state index contributed by atoms with van der Waals surface area (Å²) in [6, 6.07) is 1.59. The van der Waals surface area contributed by atoms with Crippen molar-refractivity contribution in [3.8, 4) is 0 Å². The third-order valence-electron chi connectivity index (χ3n) is 4.74. The highest BCUT2D eigenvalue weighted by Crippen LogP contribution is 2.28. The zero-order valence-corrected chi connectivity index (χ0v) is 13.4. The fourth-order valence-electron chi connectivity index (χ4n) is 3.33. The van der Waals surface area contributed by atoms with Gasteiger partial charge in [0.1, 0.15) is 6.04 Å². The van der Waals surface area contributed by atoms with E-state index in [1.165, 1.54) is 0 Å². The molecule has 120 valence electrons. The highest BCUT2D eigenvalue weighted by Gasteiger charge is 2.46. The van der Waals surface area contributed by atoms with Crippen LogP contribution in [0.5, 0.6) is 0 Å². The van der Waals surface area contributed by atoms with Gasteiger partial charge in [0, 0.05) is 25.2 Å². The molecule has 3 atom stereocenters. The number of hydrogen-bond donors (Lipinski definition) is 0. The van der Waals surface area contributed by atoms with Gasteiger partial charge in [-0.3, -0.25) is 9.59 Å². The molecule has 2 saturated heterocycles. The maximum absolute atomic E-state index is 12.6.